The number of aromatic nitrogens is 1. The number of carbonyl (C=O) groups excluding carboxylic acids is 1. The fourth-order valence-electron chi connectivity index (χ4n) is 5.48. The molecule has 3 aromatic carbocycles. The Bertz CT molecular complexity index is 1630. The van der Waals surface area contributed by atoms with E-state index < -0.39 is 12.3 Å². The first-order valence-corrected chi connectivity index (χ1v) is 16.9. The molecule has 0 aliphatic carbocycles. The summed E-state index contributed by atoms with van der Waals surface area (Å²) < 4.78 is 13.9. The predicted molar refractivity (Wildman–Crippen MR) is 179 cm³/mol. The topological polar surface area (TPSA) is 132 Å². The van der Waals surface area contributed by atoms with Crippen molar-refractivity contribution in [3.63, 3.8) is 0 Å². The van der Waals surface area contributed by atoms with Crippen molar-refractivity contribution in [1.82, 2.24) is 5.32 Å². The molecule has 1 aliphatic heterocycles. The highest BCUT2D eigenvalue weighted by molar-refractivity contribution is 7.99. The molecule has 5 rings (SSSR count). The largest absolute Gasteiger partial charge is 0.618 e. The summed E-state index contributed by atoms with van der Waals surface area (Å²) in [6.07, 6.45) is 3.50. The number of hydrogen-bond donors (Lipinski definition) is 3. The van der Waals surface area contributed by atoms with Gasteiger partial charge < -0.3 is 30.2 Å². The summed E-state index contributed by atoms with van der Waals surface area (Å²) in [6, 6.07) is 29.2. The van der Waals surface area contributed by atoms with Crippen LogP contribution in [0.5, 0.6) is 0 Å². The predicted octanol–water partition coefficient (Wildman–Crippen LogP) is 6.47. The summed E-state index contributed by atoms with van der Waals surface area (Å²) in [4.78, 5) is 23.0. The van der Waals surface area contributed by atoms with Gasteiger partial charge in [-0.3, -0.25) is 9.59 Å². The van der Waals surface area contributed by atoms with Crippen LogP contribution < -0.4 is 10.0 Å². The second-order valence-electron chi connectivity index (χ2n) is 11.6. The summed E-state index contributed by atoms with van der Waals surface area (Å²) in [5, 5.41) is 34.1. The lowest BCUT2D eigenvalue weighted by molar-refractivity contribution is -0.645. The first kappa shape index (κ1) is 34.1. The van der Waals surface area contributed by atoms with E-state index in [1.54, 1.807) is 12.1 Å². The maximum absolute atomic E-state index is 12.3. The fraction of sp³-hybridized carbons (Fsp3) is 0.324. The second-order valence-corrected chi connectivity index (χ2v) is 12.6. The number of unbranched alkanes of at least 4 members (excludes halogenated alkanes) is 2. The van der Waals surface area contributed by atoms with E-state index in [-0.39, 0.29) is 31.1 Å². The summed E-state index contributed by atoms with van der Waals surface area (Å²) in [6.45, 7) is 0.372. The van der Waals surface area contributed by atoms with Crippen molar-refractivity contribution in [3.05, 3.63) is 125 Å². The molecule has 3 N–H and O–H groups in total. The van der Waals surface area contributed by atoms with Crippen LogP contribution in [0, 0.1) is 5.21 Å². The number of nitrogens with one attached hydrogen (secondary N) is 1. The van der Waals surface area contributed by atoms with Gasteiger partial charge in [0.1, 0.15) is 0 Å². The van der Waals surface area contributed by atoms with Gasteiger partial charge >= 0.3 is 5.97 Å². The van der Waals surface area contributed by atoms with Crippen LogP contribution >= 0.6 is 11.8 Å². The van der Waals surface area contributed by atoms with Crippen LogP contribution in [0.15, 0.2) is 102 Å². The van der Waals surface area contributed by atoms with E-state index >= 15 is 0 Å². The molecular weight excluding hydrogens is 616 g/mol. The number of thioether (sulfide) groups is 1. The molecule has 1 aromatic heterocycles. The number of carbonyl (C=O) groups is 2. The highest BCUT2D eigenvalue weighted by Gasteiger charge is 2.33. The van der Waals surface area contributed by atoms with Gasteiger partial charge in [0.05, 0.1) is 18.8 Å². The summed E-state index contributed by atoms with van der Waals surface area (Å²) in [5.74, 6) is -0.285. The molecule has 47 heavy (non-hydrogen) atoms. The third kappa shape index (κ3) is 10.1. The number of carboxylic acids is 1. The Morgan fingerprint density at radius 1 is 0.851 bits per heavy atom. The maximum Gasteiger partial charge on any atom is 0.303 e. The van der Waals surface area contributed by atoms with Crippen molar-refractivity contribution in [2.75, 3.05) is 5.75 Å². The number of aliphatic carboxylic acids is 1. The number of hydrogen-bond acceptors (Lipinski definition) is 7. The molecule has 0 radical (unpaired) electrons. The van der Waals surface area contributed by atoms with Crippen molar-refractivity contribution in [3.8, 4) is 11.1 Å². The van der Waals surface area contributed by atoms with Crippen molar-refractivity contribution < 1.29 is 34.0 Å². The van der Waals surface area contributed by atoms with Crippen molar-refractivity contribution in [2.24, 2.45) is 0 Å². The Labute approximate surface area is 279 Å². The molecule has 10 heteroatoms. The molecule has 1 aliphatic rings. The van der Waals surface area contributed by atoms with Crippen LogP contribution in [0.4, 0.5) is 0 Å². The van der Waals surface area contributed by atoms with E-state index in [4.69, 9.17) is 14.6 Å². The van der Waals surface area contributed by atoms with Gasteiger partial charge in [0.15, 0.2) is 12.5 Å². The summed E-state index contributed by atoms with van der Waals surface area (Å²) in [7, 11) is 0. The molecule has 0 unspecified atom stereocenters. The lowest BCUT2D eigenvalue weighted by atomic mass is 9.99. The Balaban J connectivity index is 1.27. The van der Waals surface area contributed by atoms with Gasteiger partial charge in [0.25, 0.3) is 5.03 Å². The highest BCUT2D eigenvalue weighted by Crippen LogP contribution is 2.40. The van der Waals surface area contributed by atoms with Gasteiger partial charge in [-0.1, -0.05) is 78.8 Å². The Morgan fingerprint density at radius 2 is 1.62 bits per heavy atom. The van der Waals surface area contributed by atoms with E-state index in [0.29, 0.717) is 49.4 Å². The summed E-state index contributed by atoms with van der Waals surface area (Å²) in [5.41, 5.74) is 5.65. The standard InChI is InChI=1S/C37H40N2O7S/c40-24-26-15-17-28(18-16-26)33-22-32(25-47-35-13-4-5-19-39(35)44)45-37(46-33)31-11-7-10-30(21-31)29-9-6-8-27(20-29)23-38-34(41)12-2-1-3-14-36(42)43/h4-11,13,15-21,32-33,37,40H,1-3,12,14,22-25H2,(H,38,41)(H,42,43)/t32-,33+,37+/m1/s1. The molecule has 246 valence electrons. The Morgan fingerprint density at radius 3 is 2.38 bits per heavy atom. The molecule has 0 spiro atoms. The Hall–Kier alpha value is -4.22. The SMILES string of the molecule is O=C(O)CCCCCC(=O)NCc1cccc(-c2cccc([C@H]3O[C@@H](CSc4cccc[n+]4[O-])C[C@@H](c4ccc(CO)cc4)O3)c2)c1. The average Bonchev–Trinajstić information content (AvgIpc) is 3.10. The smallest absolute Gasteiger partial charge is 0.303 e. The van der Waals surface area contributed by atoms with Gasteiger partial charge in [-0.15, -0.1) is 0 Å². The number of aliphatic hydroxyl groups excluding tert-OH is 1. The summed E-state index contributed by atoms with van der Waals surface area (Å²) >= 11 is 1.46. The Kier molecular flexibility index (Phi) is 12.4. The van der Waals surface area contributed by atoms with Crippen LogP contribution in [-0.2, 0) is 32.2 Å². The molecule has 0 saturated carbocycles. The minimum Gasteiger partial charge on any atom is -0.618 e. The fourth-order valence-corrected chi connectivity index (χ4v) is 6.41. The lowest BCUT2D eigenvalue weighted by Crippen LogP contribution is -2.32. The van der Waals surface area contributed by atoms with Crippen LogP contribution in [0.25, 0.3) is 11.1 Å². The molecule has 1 amide bonds. The van der Waals surface area contributed by atoms with E-state index in [1.165, 1.54) is 18.0 Å². The van der Waals surface area contributed by atoms with Gasteiger partial charge in [0, 0.05) is 49.3 Å². The highest BCUT2D eigenvalue weighted by atomic mass is 32.2. The van der Waals surface area contributed by atoms with Crippen molar-refractivity contribution >= 4 is 23.6 Å². The van der Waals surface area contributed by atoms with Crippen molar-refractivity contribution in [2.45, 2.75) is 75.2 Å². The average molecular weight is 657 g/mol. The number of pyridine rings is 1. The van der Waals surface area contributed by atoms with Gasteiger partial charge in [-0.05, 0) is 58.9 Å². The minimum atomic E-state index is -0.811. The van der Waals surface area contributed by atoms with E-state index in [1.807, 2.05) is 66.7 Å². The zero-order chi connectivity index (χ0) is 33.0. The van der Waals surface area contributed by atoms with Gasteiger partial charge in [0.2, 0.25) is 5.91 Å². The molecule has 1 saturated heterocycles. The monoisotopic (exact) mass is 656 g/mol. The molecule has 4 aromatic rings. The van der Waals surface area contributed by atoms with Crippen LogP contribution in [0.1, 0.15) is 73.2 Å². The van der Waals surface area contributed by atoms with E-state index in [2.05, 4.69) is 17.4 Å². The number of nitrogens with zero attached hydrogens (tertiary/aromatic N) is 1. The third-order valence-electron chi connectivity index (χ3n) is 8.02. The quantitative estimate of drug-likeness (QED) is 0.0575. The van der Waals surface area contributed by atoms with E-state index in [0.717, 1.165) is 38.1 Å². The minimum absolute atomic E-state index is 0.0282. The number of carboxylic acid groups (broad SMARTS) is 1. The molecule has 1 fully saturated rings. The normalized spacial score (nSPS) is 17.7. The second kappa shape index (κ2) is 17.1. The number of aliphatic hydroxyl groups is 1. The molecule has 3 atom stereocenters. The van der Waals surface area contributed by atoms with Crippen LogP contribution in [0.2, 0.25) is 0 Å². The number of benzene rings is 3. The maximum atomic E-state index is 12.3. The lowest BCUT2D eigenvalue weighted by Gasteiger charge is -2.36. The van der Waals surface area contributed by atoms with Gasteiger partial charge in [-0.25, -0.2) is 0 Å². The molecule has 9 nitrogen and oxygen atoms in total. The van der Waals surface area contributed by atoms with Gasteiger partial charge in [-0.2, -0.15) is 4.73 Å². The first-order valence-electron chi connectivity index (χ1n) is 15.9. The third-order valence-corrected chi connectivity index (χ3v) is 9.17. The van der Waals surface area contributed by atoms with Crippen LogP contribution in [-0.4, -0.2) is 33.9 Å². The zero-order valence-electron chi connectivity index (χ0n) is 26.1. The van der Waals surface area contributed by atoms with E-state index in [9.17, 15) is 19.9 Å². The number of ether oxygens (including phenoxy) is 2. The zero-order valence-corrected chi connectivity index (χ0v) is 26.9. The number of rotatable bonds is 15. The van der Waals surface area contributed by atoms with Crippen LogP contribution in [0.3, 0.4) is 0 Å². The molecular formula is C37H40N2O7S. The number of amides is 1. The molecule has 2 heterocycles. The van der Waals surface area contributed by atoms with Crippen molar-refractivity contribution in [1.29, 1.82) is 0 Å². The first-order chi connectivity index (χ1) is 22.9. The molecule has 0 bridgehead atoms.